The van der Waals surface area contributed by atoms with Gasteiger partial charge in [0.15, 0.2) is 9.84 Å². The molecule has 0 aromatic heterocycles. The second-order valence-corrected chi connectivity index (χ2v) is 7.80. The minimum absolute atomic E-state index is 0.0415. The van der Waals surface area contributed by atoms with Gasteiger partial charge in [-0.2, -0.15) is 0 Å². The average molecular weight is 346 g/mol. The van der Waals surface area contributed by atoms with Crippen LogP contribution in [0.15, 0.2) is 28.7 Å². The zero-order valence-corrected chi connectivity index (χ0v) is 13.1. The van der Waals surface area contributed by atoms with Crippen LogP contribution in [0.4, 0.5) is 5.69 Å². The molecule has 1 fully saturated rings. The first kappa shape index (κ1) is 14.5. The first-order valence-corrected chi connectivity index (χ1v) is 8.82. The molecule has 1 saturated heterocycles. The van der Waals surface area contributed by atoms with Crippen molar-refractivity contribution in [2.45, 2.75) is 25.8 Å². The zero-order chi connectivity index (χ0) is 14.0. The van der Waals surface area contributed by atoms with E-state index in [9.17, 15) is 13.2 Å². The van der Waals surface area contributed by atoms with Crippen LogP contribution in [-0.2, 0) is 14.6 Å². The number of anilines is 1. The van der Waals surface area contributed by atoms with Gasteiger partial charge in [0.1, 0.15) is 0 Å². The van der Waals surface area contributed by atoms with E-state index in [1.807, 2.05) is 24.3 Å². The van der Waals surface area contributed by atoms with Crippen LogP contribution in [0.25, 0.3) is 0 Å². The third-order valence-electron chi connectivity index (χ3n) is 3.23. The van der Waals surface area contributed by atoms with Crippen molar-refractivity contribution in [1.29, 1.82) is 0 Å². The highest BCUT2D eigenvalue weighted by atomic mass is 79.9. The fourth-order valence-electron chi connectivity index (χ4n) is 2.33. The van der Waals surface area contributed by atoms with Gasteiger partial charge in [0, 0.05) is 16.6 Å². The molecule has 0 radical (unpaired) electrons. The lowest BCUT2D eigenvalue weighted by Crippen LogP contribution is -2.41. The quantitative estimate of drug-likeness (QED) is 0.844. The summed E-state index contributed by atoms with van der Waals surface area (Å²) in [6.45, 7) is 1.79. The van der Waals surface area contributed by atoms with Crippen molar-refractivity contribution in [3.05, 3.63) is 28.7 Å². The van der Waals surface area contributed by atoms with Crippen molar-refractivity contribution in [1.82, 2.24) is 0 Å². The average Bonchev–Trinajstić information content (AvgIpc) is 2.69. The fraction of sp³-hybridized carbons (Fsp3) is 0.462. The monoisotopic (exact) mass is 345 g/mol. The Morgan fingerprint density at radius 2 is 2.21 bits per heavy atom. The van der Waals surface area contributed by atoms with E-state index < -0.39 is 9.84 Å². The van der Waals surface area contributed by atoms with E-state index in [0.29, 0.717) is 12.8 Å². The molecule has 104 valence electrons. The van der Waals surface area contributed by atoms with Crippen molar-refractivity contribution in [2.75, 3.05) is 16.4 Å². The Balaban J connectivity index is 2.35. The molecule has 1 aromatic rings. The number of rotatable bonds is 3. The van der Waals surface area contributed by atoms with E-state index in [2.05, 4.69) is 15.9 Å². The summed E-state index contributed by atoms with van der Waals surface area (Å²) in [5, 5.41) is 0. The lowest BCUT2D eigenvalue weighted by Gasteiger charge is -2.28. The number of carbonyl (C=O) groups is 1. The summed E-state index contributed by atoms with van der Waals surface area (Å²) >= 11 is 3.38. The molecule has 1 unspecified atom stereocenters. The van der Waals surface area contributed by atoms with Gasteiger partial charge < -0.3 is 4.90 Å². The Morgan fingerprint density at radius 1 is 1.47 bits per heavy atom. The molecule has 1 atom stereocenters. The van der Waals surface area contributed by atoms with E-state index in [1.54, 1.807) is 11.8 Å². The molecule has 0 bridgehead atoms. The number of hydrogen-bond acceptors (Lipinski definition) is 3. The molecular formula is C13H16BrNO3S. The van der Waals surface area contributed by atoms with Crippen molar-refractivity contribution >= 4 is 37.4 Å². The summed E-state index contributed by atoms with van der Waals surface area (Å²) in [6.07, 6.45) is 0.879. The SMILES string of the molecule is CCC(=O)N(c1cccc(Br)c1)C1CCS(=O)(=O)C1. The number of carbonyl (C=O) groups excluding carboxylic acids is 1. The lowest BCUT2D eigenvalue weighted by atomic mass is 10.1. The maximum absolute atomic E-state index is 12.1. The summed E-state index contributed by atoms with van der Waals surface area (Å²) in [4.78, 5) is 13.8. The molecule has 1 heterocycles. The summed E-state index contributed by atoms with van der Waals surface area (Å²) in [5.41, 5.74) is 0.753. The molecule has 4 nitrogen and oxygen atoms in total. The third-order valence-corrected chi connectivity index (χ3v) is 5.47. The number of nitrogens with zero attached hydrogens (tertiary/aromatic N) is 1. The molecule has 2 rings (SSSR count). The molecule has 0 spiro atoms. The minimum atomic E-state index is -3.01. The number of benzene rings is 1. The zero-order valence-electron chi connectivity index (χ0n) is 10.7. The molecule has 19 heavy (non-hydrogen) atoms. The van der Waals surface area contributed by atoms with Gasteiger partial charge >= 0.3 is 0 Å². The van der Waals surface area contributed by atoms with Gasteiger partial charge in [0.25, 0.3) is 0 Å². The summed E-state index contributed by atoms with van der Waals surface area (Å²) in [5.74, 6) is 0.185. The highest BCUT2D eigenvalue weighted by molar-refractivity contribution is 9.10. The van der Waals surface area contributed by atoms with E-state index in [4.69, 9.17) is 0 Å². The molecule has 0 saturated carbocycles. The second-order valence-electron chi connectivity index (χ2n) is 4.65. The standard InChI is InChI=1S/C13H16BrNO3S/c1-2-13(16)15(11-5-3-4-10(14)8-11)12-6-7-19(17,18)9-12/h3-5,8,12H,2,6-7,9H2,1H3. The van der Waals surface area contributed by atoms with Crippen molar-refractivity contribution < 1.29 is 13.2 Å². The topological polar surface area (TPSA) is 54.5 Å². The molecule has 1 amide bonds. The van der Waals surface area contributed by atoms with E-state index >= 15 is 0 Å². The van der Waals surface area contributed by atoms with Gasteiger partial charge in [-0.05, 0) is 24.6 Å². The lowest BCUT2D eigenvalue weighted by molar-refractivity contribution is -0.118. The van der Waals surface area contributed by atoms with E-state index in [0.717, 1.165) is 10.2 Å². The van der Waals surface area contributed by atoms with Crippen LogP contribution < -0.4 is 4.90 Å². The van der Waals surface area contributed by atoms with Gasteiger partial charge in [-0.1, -0.05) is 28.9 Å². The van der Waals surface area contributed by atoms with Crippen LogP contribution in [0.3, 0.4) is 0 Å². The summed E-state index contributed by atoms with van der Waals surface area (Å²) < 4.78 is 24.1. The molecule has 0 aliphatic carbocycles. The van der Waals surface area contributed by atoms with Gasteiger partial charge in [0.05, 0.1) is 17.5 Å². The van der Waals surface area contributed by atoms with Crippen LogP contribution in [0.1, 0.15) is 19.8 Å². The van der Waals surface area contributed by atoms with Gasteiger partial charge in [-0.15, -0.1) is 0 Å². The Kier molecular flexibility index (Phi) is 4.30. The number of sulfone groups is 1. The first-order chi connectivity index (χ1) is 8.93. The number of hydrogen-bond donors (Lipinski definition) is 0. The van der Waals surface area contributed by atoms with Gasteiger partial charge in [-0.3, -0.25) is 4.79 Å². The second kappa shape index (κ2) is 5.63. The predicted molar refractivity (Wildman–Crippen MR) is 79.0 cm³/mol. The van der Waals surface area contributed by atoms with Gasteiger partial charge in [0.2, 0.25) is 5.91 Å². The Morgan fingerprint density at radius 3 is 2.74 bits per heavy atom. The Labute approximate surface area is 121 Å². The molecule has 1 aliphatic heterocycles. The van der Waals surface area contributed by atoms with E-state index in [1.165, 1.54) is 0 Å². The van der Waals surface area contributed by atoms with Crippen LogP contribution in [0.2, 0.25) is 0 Å². The number of halogens is 1. The van der Waals surface area contributed by atoms with Gasteiger partial charge in [-0.25, -0.2) is 8.42 Å². The van der Waals surface area contributed by atoms with Crippen LogP contribution in [-0.4, -0.2) is 31.9 Å². The highest BCUT2D eigenvalue weighted by Crippen LogP contribution is 2.27. The molecule has 1 aliphatic rings. The molecule has 6 heteroatoms. The largest absolute Gasteiger partial charge is 0.308 e. The maximum atomic E-state index is 12.1. The van der Waals surface area contributed by atoms with Crippen molar-refractivity contribution in [2.24, 2.45) is 0 Å². The van der Waals surface area contributed by atoms with Crippen LogP contribution >= 0.6 is 15.9 Å². The van der Waals surface area contributed by atoms with Crippen LogP contribution in [0, 0.1) is 0 Å². The maximum Gasteiger partial charge on any atom is 0.226 e. The van der Waals surface area contributed by atoms with Crippen molar-refractivity contribution in [3.63, 3.8) is 0 Å². The smallest absolute Gasteiger partial charge is 0.226 e. The third kappa shape index (κ3) is 3.36. The first-order valence-electron chi connectivity index (χ1n) is 6.21. The molecular weight excluding hydrogens is 330 g/mol. The molecule has 0 N–H and O–H groups in total. The Hall–Kier alpha value is -0.880. The normalized spacial score (nSPS) is 21.3. The predicted octanol–water partition coefficient (Wildman–Crippen LogP) is 2.38. The summed E-state index contributed by atoms with van der Waals surface area (Å²) in [7, 11) is -3.01. The van der Waals surface area contributed by atoms with E-state index in [-0.39, 0.29) is 23.5 Å². The van der Waals surface area contributed by atoms with Crippen molar-refractivity contribution in [3.8, 4) is 0 Å². The fourth-order valence-corrected chi connectivity index (χ4v) is 4.42. The molecule has 1 aromatic carbocycles. The summed E-state index contributed by atoms with van der Waals surface area (Å²) in [6, 6.07) is 7.16. The highest BCUT2D eigenvalue weighted by Gasteiger charge is 2.34. The Bertz CT molecular complexity index is 585. The number of amides is 1. The minimum Gasteiger partial charge on any atom is -0.308 e. The van der Waals surface area contributed by atoms with Crippen LogP contribution in [0.5, 0.6) is 0 Å².